The first-order chi connectivity index (χ1) is 10.4. The van der Waals surface area contributed by atoms with Gasteiger partial charge in [0.15, 0.2) is 0 Å². The monoisotopic (exact) mass is 277 g/mol. The van der Waals surface area contributed by atoms with Gasteiger partial charge in [0.25, 0.3) is 0 Å². The summed E-state index contributed by atoms with van der Waals surface area (Å²) < 4.78 is 0. The number of benzene rings is 2. The van der Waals surface area contributed by atoms with Crippen molar-refractivity contribution in [1.29, 1.82) is 0 Å². The van der Waals surface area contributed by atoms with Crippen molar-refractivity contribution >= 4 is 10.8 Å². The summed E-state index contributed by atoms with van der Waals surface area (Å²) in [6.07, 6.45) is 6.43. The molecular formula is C18H19N3. The summed E-state index contributed by atoms with van der Waals surface area (Å²) in [5.74, 6) is 0. The molecule has 0 aliphatic heterocycles. The van der Waals surface area contributed by atoms with E-state index in [9.17, 15) is 0 Å². The number of hydrogen-bond acceptors (Lipinski definition) is 3. The second-order valence-corrected chi connectivity index (χ2v) is 5.17. The molecule has 0 saturated carbocycles. The Labute approximate surface area is 125 Å². The van der Waals surface area contributed by atoms with E-state index in [2.05, 4.69) is 64.7 Å². The maximum absolute atomic E-state index is 4.15. The van der Waals surface area contributed by atoms with Crippen molar-refractivity contribution in [2.45, 2.75) is 19.4 Å². The lowest BCUT2D eigenvalue weighted by Gasteiger charge is -2.19. The average Bonchev–Trinajstić information content (AvgIpc) is 2.56. The predicted octanol–water partition coefficient (Wildman–Crippen LogP) is 3.72. The molecule has 106 valence electrons. The number of hydrogen-bond donors (Lipinski definition) is 1. The van der Waals surface area contributed by atoms with E-state index in [1.165, 1.54) is 16.3 Å². The molecule has 0 aliphatic rings. The molecule has 3 heteroatoms. The van der Waals surface area contributed by atoms with Gasteiger partial charge in [-0.25, -0.2) is 9.97 Å². The Hall–Kier alpha value is -2.26. The van der Waals surface area contributed by atoms with E-state index in [1.807, 2.05) is 12.4 Å². The summed E-state index contributed by atoms with van der Waals surface area (Å²) in [6, 6.07) is 15.2. The van der Waals surface area contributed by atoms with Gasteiger partial charge in [0.2, 0.25) is 0 Å². The Morgan fingerprint density at radius 3 is 2.48 bits per heavy atom. The minimum atomic E-state index is 0.135. The number of aromatic nitrogens is 2. The third-order valence-electron chi connectivity index (χ3n) is 3.62. The van der Waals surface area contributed by atoms with Crippen LogP contribution >= 0.6 is 0 Å². The van der Waals surface area contributed by atoms with Crippen molar-refractivity contribution < 1.29 is 0 Å². The molecule has 2 aromatic carbocycles. The molecular weight excluding hydrogens is 258 g/mol. The third kappa shape index (κ3) is 3.09. The van der Waals surface area contributed by atoms with Gasteiger partial charge in [0.05, 0.1) is 6.04 Å². The second kappa shape index (κ2) is 6.46. The van der Waals surface area contributed by atoms with Gasteiger partial charge >= 0.3 is 0 Å². The average molecular weight is 277 g/mol. The van der Waals surface area contributed by atoms with Crippen molar-refractivity contribution in [3.63, 3.8) is 0 Å². The highest BCUT2D eigenvalue weighted by atomic mass is 14.9. The molecule has 0 saturated heterocycles. The lowest BCUT2D eigenvalue weighted by atomic mass is 9.98. The van der Waals surface area contributed by atoms with Gasteiger partial charge in [-0.15, -0.1) is 0 Å². The van der Waals surface area contributed by atoms with E-state index in [-0.39, 0.29) is 6.04 Å². The third-order valence-corrected chi connectivity index (χ3v) is 3.62. The summed E-state index contributed by atoms with van der Waals surface area (Å²) in [7, 11) is 0. The van der Waals surface area contributed by atoms with E-state index in [4.69, 9.17) is 0 Å². The van der Waals surface area contributed by atoms with Crippen LogP contribution in [-0.4, -0.2) is 16.5 Å². The first-order valence-electron chi connectivity index (χ1n) is 7.35. The lowest BCUT2D eigenvalue weighted by molar-refractivity contribution is 0.595. The van der Waals surface area contributed by atoms with E-state index in [0.717, 1.165) is 18.5 Å². The molecule has 1 atom stereocenters. The van der Waals surface area contributed by atoms with E-state index in [0.29, 0.717) is 0 Å². The Balaban J connectivity index is 2.01. The Morgan fingerprint density at radius 2 is 1.71 bits per heavy atom. The molecule has 0 spiro atoms. The Bertz CT molecular complexity index is 710. The van der Waals surface area contributed by atoms with Crippen molar-refractivity contribution in [2.75, 3.05) is 6.54 Å². The zero-order valence-corrected chi connectivity index (χ0v) is 12.2. The summed E-state index contributed by atoms with van der Waals surface area (Å²) in [6.45, 7) is 3.14. The maximum atomic E-state index is 4.15. The highest BCUT2D eigenvalue weighted by Gasteiger charge is 2.14. The molecule has 1 aromatic heterocycles. The van der Waals surface area contributed by atoms with Crippen LogP contribution in [0, 0.1) is 0 Å². The molecule has 0 radical (unpaired) electrons. The van der Waals surface area contributed by atoms with Gasteiger partial charge in [-0.3, -0.25) is 0 Å². The van der Waals surface area contributed by atoms with Gasteiger partial charge in [-0.2, -0.15) is 0 Å². The summed E-state index contributed by atoms with van der Waals surface area (Å²) >= 11 is 0. The van der Waals surface area contributed by atoms with Crippen molar-refractivity contribution in [2.24, 2.45) is 0 Å². The van der Waals surface area contributed by atoms with Crippen LogP contribution in [0.3, 0.4) is 0 Å². The van der Waals surface area contributed by atoms with Crippen LogP contribution in [-0.2, 0) is 0 Å². The van der Waals surface area contributed by atoms with Crippen LogP contribution in [0.25, 0.3) is 10.8 Å². The summed E-state index contributed by atoms with van der Waals surface area (Å²) in [5, 5.41) is 6.11. The number of fused-ring (bicyclic) bond motifs is 1. The van der Waals surface area contributed by atoms with Crippen molar-refractivity contribution in [1.82, 2.24) is 15.3 Å². The summed E-state index contributed by atoms with van der Waals surface area (Å²) in [4.78, 5) is 8.30. The van der Waals surface area contributed by atoms with Crippen LogP contribution in [0.5, 0.6) is 0 Å². The fourth-order valence-corrected chi connectivity index (χ4v) is 2.56. The van der Waals surface area contributed by atoms with E-state index >= 15 is 0 Å². The fraction of sp³-hybridized carbons (Fsp3) is 0.222. The highest BCUT2D eigenvalue weighted by Crippen LogP contribution is 2.24. The molecule has 3 aromatic rings. The normalized spacial score (nSPS) is 12.4. The van der Waals surface area contributed by atoms with Crippen LogP contribution < -0.4 is 5.32 Å². The molecule has 0 amide bonds. The molecule has 0 bridgehead atoms. The first-order valence-corrected chi connectivity index (χ1v) is 7.35. The standard InChI is InChI=1S/C18H19N3/c1-2-9-21-18(17-11-19-13-20-12-17)16-8-7-14-5-3-4-6-15(14)10-16/h3-8,10-13,18,21H,2,9H2,1H3. The molecule has 3 rings (SSSR count). The van der Waals surface area contributed by atoms with Crippen LogP contribution in [0.1, 0.15) is 30.5 Å². The van der Waals surface area contributed by atoms with Crippen molar-refractivity contribution in [3.05, 3.63) is 72.3 Å². The van der Waals surface area contributed by atoms with E-state index < -0.39 is 0 Å². The summed E-state index contributed by atoms with van der Waals surface area (Å²) in [5.41, 5.74) is 2.35. The predicted molar refractivity (Wildman–Crippen MR) is 86.1 cm³/mol. The van der Waals surface area contributed by atoms with Crippen molar-refractivity contribution in [3.8, 4) is 0 Å². The molecule has 1 heterocycles. The molecule has 21 heavy (non-hydrogen) atoms. The largest absolute Gasteiger partial charge is 0.306 e. The molecule has 1 N–H and O–H groups in total. The molecule has 0 fully saturated rings. The van der Waals surface area contributed by atoms with Crippen LogP contribution in [0.15, 0.2) is 61.2 Å². The topological polar surface area (TPSA) is 37.8 Å². The Kier molecular flexibility index (Phi) is 4.22. The highest BCUT2D eigenvalue weighted by molar-refractivity contribution is 5.83. The molecule has 1 unspecified atom stereocenters. The van der Waals surface area contributed by atoms with E-state index in [1.54, 1.807) is 6.33 Å². The number of rotatable bonds is 5. The maximum Gasteiger partial charge on any atom is 0.115 e. The zero-order chi connectivity index (χ0) is 14.5. The minimum absolute atomic E-state index is 0.135. The fourth-order valence-electron chi connectivity index (χ4n) is 2.56. The van der Waals surface area contributed by atoms with Gasteiger partial charge in [-0.05, 0) is 35.4 Å². The SMILES string of the molecule is CCCNC(c1cncnc1)c1ccc2ccccc2c1. The minimum Gasteiger partial charge on any atom is -0.306 e. The second-order valence-electron chi connectivity index (χ2n) is 5.17. The van der Waals surface area contributed by atoms with Crippen LogP contribution in [0.2, 0.25) is 0 Å². The van der Waals surface area contributed by atoms with Gasteiger partial charge < -0.3 is 5.32 Å². The van der Waals surface area contributed by atoms with Gasteiger partial charge in [-0.1, -0.05) is 43.3 Å². The van der Waals surface area contributed by atoms with Gasteiger partial charge in [0.1, 0.15) is 6.33 Å². The quantitative estimate of drug-likeness (QED) is 0.772. The smallest absolute Gasteiger partial charge is 0.115 e. The lowest BCUT2D eigenvalue weighted by Crippen LogP contribution is -2.23. The van der Waals surface area contributed by atoms with Crippen LogP contribution in [0.4, 0.5) is 0 Å². The number of nitrogens with one attached hydrogen (secondary N) is 1. The number of nitrogens with zero attached hydrogens (tertiary/aromatic N) is 2. The molecule has 3 nitrogen and oxygen atoms in total. The van der Waals surface area contributed by atoms with Gasteiger partial charge in [0, 0.05) is 18.0 Å². The Morgan fingerprint density at radius 1 is 0.952 bits per heavy atom. The molecule has 0 aliphatic carbocycles. The zero-order valence-electron chi connectivity index (χ0n) is 12.2. The first kappa shape index (κ1) is 13.7.